The van der Waals surface area contributed by atoms with Gasteiger partial charge < -0.3 is 10.3 Å². The van der Waals surface area contributed by atoms with Gasteiger partial charge in [-0.25, -0.2) is 0 Å². The molecule has 1 aromatic carbocycles. The number of nitrogen functional groups attached to an aromatic ring is 1. The van der Waals surface area contributed by atoms with Crippen molar-refractivity contribution >= 4 is 16.6 Å². The SMILES string of the molecule is Cc1c(-c2[nH]ncc2N)c2ccc(C(F)(F)F)cc2n1C. The summed E-state index contributed by atoms with van der Waals surface area (Å²) in [6, 6.07) is 3.71. The number of aromatic amines is 1. The van der Waals surface area contributed by atoms with E-state index >= 15 is 0 Å². The molecule has 0 aliphatic rings. The monoisotopic (exact) mass is 294 g/mol. The number of halogens is 3. The van der Waals surface area contributed by atoms with E-state index in [1.54, 1.807) is 11.6 Å². The summed E-state index contributed by atoms with van der Waals surface area (Å²) in [7, 11) is 1.73. The fourth-order valence-electron chi connectivity index (χ4n) is 2.55. The normalized spacial score (nSPS) is 12.2. The molecule has 0 atom stereocenters. The number of aryl methyl sites for hydroxylation is 1. The van der Waals surface area contributed by atoms with Crippen molar-refractivity contribution in [3.8, 4) is 11.3 Å². The van der Waals surface area contributed by atoms with Crippen LogP contribution in [0, 0.1) is 6.92 Å². The predicted molar refractivity (Wildman–Crippen MR) is 74.7 cm³/mol. The summed E-state index contributed by atoms with van der Waals surface area (Å²) >= 11 is 0. The summed E-state index contributed by atoms with van der Waals surface area (Å²) in [4.78, 5) is 0. The van der Waals surface area contributed by atoms with E-state index in [9.17, 15) is 13.2 Å². The molecular formula is C14H13F3N4. The summed E-state index contributed by atoms with van der Waals surface area (Å²) < 4.78 is 40.3. The maximum absolute atomic E-state index is 12.8. The smallest absolute Gasteiger partial charge is 0.396 e. The average Bonchev–Trinajstić information content (AvgIpc) is 2.92. The van der Waals surface area contributed by atoms with E-state index in [1.165, 1.54) is 12.3 Å². The summed E-state index contributed by atoms with van der Waals surface area (Å²) in [5, 5.41) is 7.38. The third-order valence-electron chi connectivity index (χ3n) is 3.74. The van der Waals surface area contributed by atoms with Crippen LogP contribution in [0.1, 0.15) is 11.3 Å². The van der Waals surface area contributed by atoms with Crippen LogP contribution in [0.2, 0.25) is 0 Å². The zero-order valence-electron chi connectivity index (χ0n) is 11.4. The Labute approximate surface area is 118 Å². The lowest BCUT2D eigenvalue weighted by Gasteiger charge is -2.07. The number of hydrogen-bond donors (Lipinski definition) is 2. The Balaban J connectivity index is 2.34. The van der Waals surface area contributed by atoms with Crippen LogP contribution in [0.3, 0.4) is 0 Å². The van der Waals surface area contributed by atoms with Crippen molar-refractivity contribution in [1.82, 2.24) is 14.8 Å². The first-order chi connectivity index (χ1) is 9.80. The van der Waals surface area contributed by atoms with Crippen LogP contribution in [0.5, 0.6) is 0 Å². The Kier molecular flexibility index (Phi) is 2.76. The highest BCUT2D eigenvalue weighted by molar-refractivity contribution is 5.99. The lowest BCUT2D eigenvalue weighted by molar-refractivity contribution is -0.137. The number of H-pyrrole nitrogens is 1. The molecule has 4 nitrogen and oxygen atoms in total. The summed E-state index contributed by atoms with van der Waals surface area (Å²) in [6.45, 7) is 1.84. The highest BCUT2D eigenvalue weighted by Crippen LogP contribution is 2.38. The Hall–Kier alpha value is -2.44. The van der Waals surface area contributed by atoms with Gasteiger partial charge in [-0.3, -0.25) is 5.10 Å². The first-order valence-corrected chi connectivity index (χ1v) is 6.26. The van der Waals surface area contributed by atoms with E-state index in [-0.39, 0.29) is 0 Å². The predicted octanol–water partition coefficient (Wildman–Crippen LogP) is 3.48. The number of fused-ring (bicyclic) bond motifs is 1. The third-order valence-corrected chi connectivity index (χ3v) is 3.74. The van der Waals surface area contributed by atoms with Gasteiger partial charge in [0, 0.05) is 29.2 Å². The van der Waals surface area contributed by atoms with Gasteiger partial charge in [0.25, 0.3) is 0 Å². The Bertz CT molecular complexity index is 827. The van der Waals surface area contributed by atoms with Crippen molar-refractivity contribution in [2.45, 2.75) is 13.1 Å². The molecule has 0 saturated heterocycles. The van der Waals surface area contributed by atoms with Crippen LogP contribution in [0.25, 0.3) is 22.2 Å². The summed E-state index contributed by atoms with van der Waals surface area (Å²) in [5.41, 5.74) is 8.38. The van der Waals surface area contributed by atoms with E-state index < -0.39 is 11.7 Å². The van der Waals surface area contributed by atoms with Gasteiger partial charge in [-0.2, -0.15) is 18.3 Å². The van der Waals surface area contributed by atoms with Crippen LogP contribution in [0.15, 0.2) is 24.4 Å². The molecule has 0 amide bonds. The number of nitrogens with zero attached hydrogens (tertiary/aromatic N) is 2. The molecule has 110 valence electrons. The van der Waals surface area contributed by atoms with Crippen molar-refractivity contribution < 1.29 is 13.2 Å². The van der Waals surface area contributed by atoms with Crippen LogP contribution < -0.4 is 5.73 Å². The number of aromatic nitrogens is 3. The van der Waals surface area contributed by atoms with Gasteiger partial charge in [0.1, 0.15) is 0 Å². The Morgan fingerprint density at radius 1 is 1.29 bits per heavy atom. The summed E-state index contributed by atoms with van der Waals surface area (Å²) in [6.07, 6.45) is -2.88. The van der Waals surface area contributed by atoms with Crippen LogP contribution in [0.4, 0.5) is 18.9 Å². The molecule has 0 fully saturated rings. The molecule has 21 heavy (non-hydrogen) atoms. The van der Waals surface area contributed by atoms with Gasteiger partial charge in [-0.1, -0.05) is 6.07 Å². The number of benzene rings is 1. The van der Waals surface area contributed by atoms with Gasteiger partial charge in [0.05, 0.1) is 23.1 Å². The molecule has 3 rings (SSSR count). The van der Waals surface area contributed by atoms with Crippen molar-refractivity contribution in [1.29, 1.82) is 0 Å². The lowest BCUT2D eigenvalue weighted by Crippen LogP contribution is -2.04. The number of rotatable bonds is 1. The van der Waals surface area contributed by atoms with Crippen molar-refractivity contribution in [3.05, 3.63) is 35.7 Å². The Morgan fingerprint density at radius 3 is 2.57 bits per heavy atom. The maximum Gasteiger partial charge on any atom is 0.416 e. The molecule has 0 aliphatic carbocycles. The summed E-state index contributed by atoms with van der Waals surface area (Å²) in [5.74, 6) is 0. The highest BCUT2D eigenvalue weighted by Gasteiger charge is 2.31. The topological polar surface area (TPSA) is 59.6 Å². The molecule has 3 N–H and O–H groups in total. The minimum Gasteiger partial charge on any atom is -0.396 e. The number of anilines is 1. The third kappa shape index (κ3) is 1.96. The molecule has 0 bridgehead atoms. The van der Waals surface area contributed by atoms with Gasteiger partial charge in [0.2, 0.25) is 0 Å². The quantitative estimate of drug-likeness (QED) is 0.722. The second kappa shape index (κ2) is 4.28. The lowest BCUT2D eigenvalue weighted by atomic mass is 10.1. The standard InChI is InChI=1S/C14H13F3N4/c1-7-12(13-10(18)6-19-20-13)9-4-3-8(14(15,16)17)5-11(9)21(7)2/h3-6H,18H2,1-2H3,(H,19,20). The maximum atomic E-state index is 12.8. The zero-order chi connectivity index (χ0) is 15.4. The molecule has 0 saturated carbocycles. The minimum absolute atomic E-state index is 0.463. The second-order valence-electron chi connectivity index (χ2n) is 4.95. The fourth-order valence-corrected chi connectivity index (χ4v) is 2.55. The number of nitrogens with one attached hydrogen (secondary N) is 1. The van der Waals surface area contributed by atoms with Crippen molar-refractivity contribution in [3.63, 3.8) is 0 Å². The van der Waals surface area contributed by atoms with Crippen molar-refractivity contribution in [2.75, 3.05) is 5.73 Å². The molecule has 2 aromatic heterocycles. The molecule has 0 aliphatic heterocycles. The van der Waals surface area contributed by atoms with E-state index in [2.05, 4.69) is 10.2 Å². The first kappa shape index (κ1) is 13.5. The van der Waals surface area contributed by atoms with E-state index in [0.717, 1.165) is 23.4 Å². The number of alkyl halides is 3. The average molecular weight is 294 g/mol. The van der Waals surface area contributed by atoms with Gasteiger partial charge in [-0.15, -0.1) is 0 Å². The van der Waals surface area contributed by atoms with Gasteiger partial charge >= 0.3 is 6.18 Å². The molecule has 0 unspecified atom stereocenters. The second-order valence-corrected chi connectivity index (χ2v) is 4.95. The largest absolute Gasteiger partial charge is 0.416 e. The number of hydrogen-bond acceptors (Lipinski definition) is 2. The molecular weight excluding hydrogens is 281 g/mol. The van der Waals surface area contributed by atoms with Crippen LogP contribution in [-0.4, -0.2) is 14.8 Å². The first-order valence-electron chi connectivity index (χ1n) is 6.26. The van der Waals surface area contributed by atoms with E-state index in [1.807, 2.05) is 6.92 Å². The minimum atomic E-state index is -4.36. The zero-order valence-corrected chi connectivity index (χ0v) is 11.4. The highest BCUT2D eigenvalue weighted by atomic mass is 19.4. The number of nitrogens with two attached hydrogens (primary N) is 1. The fraction of sp³-hybridized carbons (Fsp3) is 0.214. The molecule has 2 heterocycles. The molecule has 0 radical (unpaired) electrons. The molecule has 0 spiro atoms. The van der Waals surface area contributed by atoms with Crippen molar-refractivity contribution in [2.24, 2.45) is 7.05 Å². The van der Waals surface area contributed by atoms with Crippen LogP contribution >= 0.6 is 0 Å². The van der Waals surface area contributed by atoms with Gasteiger partial charge in [0.15, 0.2) is 0 Å². The molecule has 7 heteroatoms. The van der Waals surface area contributed by atoms with Crippen LogP contribution in [-0.2, 0) is 13.2 Å². The van der Waals surface area contributed by atoms with E-state index in [0.29, 0.717) is 22.3 Å². The Morgan fingerprint density at radius 2 is 2.00 bits per heavy atom. The van der Waals surface area contributed by atoms with Gasteiger partial charge in [-0.05, 0) is 19.1 Å². The molecule has 3 aromatic rings. The van der Waals surface area contributed by atoms with E-state index in [4.69, 9.17) is 5.73 Å².